The molecule has 0 amide bonds. The van der Waals surface area contributed by atoms with E-state index >= 15 is 0 Å². The number of hydrogen-bond acceptors (Lipinski definition) is 7. The molecule has 7 heteroatoms. The Morgan fingerprint density at radius 1 is 1.03 bits per heavy atom. The van der Waals surface area contributed by atoms with Crippen molar-refractivity contribution in [1.29, 1.82) is 0 Å². The van der Waals surface area contributed by atoms with Gasteiger partial charge in [0.1, 0.15) is 18.8 Å². The van der Waals surface area contributed by atoms with E-state index in [1.165, 1.54) is 0 Å². The SMILES string of the molecule is CCOC(=O)OC[C@H]1O[C@H](C#Cc2ccc(C)cc2C)C=C[C@H]1OC(=O)OCC. The van der Waals surface area contributed by atoms with Crippen LogP contribution in [0.2, 0.25) is 0 Å². The number of hydrogen-bond donors (Lipinski definition) is 0. The van der Waals surface area contributed by atoms with Crippen LogP contribution in [-0.4, -0.2) is 50.4 Å². The van der Waals surface area contributed by atoms with Gasteiger partial charge in [-0.05, 0) is 51.5 Å². The molecule has 0 bridgehead atoms. The molecule has 2 rings (SSSR count). The van der Waals surface area contributed by atoms with Gasteiger partial charge in [0.15, 0.2) is 6.10 Å². The summed E-state index contributed by atoms with van der Waals surface area (Å²) in [6.45, 7) is 7.58. The van der Waals surface area contributed by atoms with Crippen LogP contribution in [0.4, 0.5) is 9.59 Å². The highest BCUT2D eigenvalue weighted by molar-refractivity contribution is 5.61. The first-order chi connectivity index (χ1) is 13.9. The highest BCUT2D eigenvalue weighted by Crippen LogP contribution is 2.18. The van der Waals surface area contributed by atoms with E-state index in [1.807, 2.05) is 26.0 Å². The number of rotatable bonds is 5. The van der Waals surface area contributed by atoms with Crippen LogP contribution >= 0.6 is 0 Å². The van der Waals surface area contributed by atoms with Crippen molar-refractivity contribution in [1.82, 2.24) is 0 Å². The summed E-state index contributed by atoms with van der Waals surface area (Å²) in [5.74, 6) is 6.14. The Morgan fingerprint density at radius 2 is 1.76 bits per heavy atom. The predicted molar refractivity (Wildman–Crippen MR) is 105 cm³/mol. The largest absolute Gasteiger partial charge is 0.508 e. The number of aryl methyl sites for hydroxylation is 2. The third-order valence-corrected chi connectivity index (χ3v) is 4.02. The molecule has 7 nitrogen and oxygen atoms in total. The molecule has 29 heavy (non-hydrogen) atoms. The van der Waals surface area contributed by atoms with Crippen molar-refractivity contribution in [2.24, 2.45) is 0 Å². The van der Waals surface area contributed by atoms with Crippen LogP contribution in [0.25, 0.3) is 0 Å². The van der Waals surface area contributed by atoms with Crippen LogP contribution in [0, 0.1) is 25.7 Å². The summed E-state index contributed by atoms with van der Waals surface area (Å²) < 4.78 is 25.7. The first kappa shape index (κ1) is 22.3. The summed E-state index contributed by atoms with van der Waals surface area (Å²) >= 11 is 0. The van der Waals surface area contributed by atoms with Gasteiger partial charge < -0.3 is 23.7 Å². The van der Waals surface area contributed by atoms with E-state index in [-0.39, 0.29) is 19.8 Å². The minimum atomic E-state index is -0.827. The van der Waals surface area contributed by atoms with Gasteiger partial charge in [-0.25, -0.2) is 9.59 Å². The van der Waals surface area contributed by atoms with E-state index in [2.05, 4.69) is 17.9 Å². The number of benzene rings is 1. The maximum Gasteiger partial charge on any atom is 0.508 e. The molecule has 0 N–H and O–H groups in total. The predicted octanol–water partition coefficient (Wildman–Crippen LogP) is 3.69. The fraction of sp³-hybridized carbons (Fsp3) is 0.455. The molecular formula is C22H26O7. The average molecular weight is 402 g/mol. The fourth-order valence-corrected chi connectivity index (χ4v) is 2.65. The summed E-state index contributed by atoms with van der Waals surface area (Å²) in [5, 5.41) is 0. The number of ether oxygens (including phenoxy) is 5. The lowest BCUT2D eigenvalue weighted by molar-refractivity contribution is -0.0865. The van der Waals surface area contributed by atoms with Crippen LogP contribution in [0.5, 0.6) is 0 Å². The third kappa shape index (κ3) is 7.16. The lowest BCUT2D eigenvalue weighted by Gasteiger charge is -2.29. The maximum atomic E-state index is 11.7. The summed E-state index contributed by atoms with van der Waals surface area (Å²) in [6.07, 6.45) is -0.365. The Labute approximate surface area is 170 Å². The molecule has 0 spiro atoms. The van der Waals surface area contributed by atoms with Crippen molar-refractivity contribution in [2.45, 2.75) is 46.0 Å². The molecule has 1 aromatic carbocycles. The minimum absolute atomic E-state index is 0.158. The minimum Gasteiger partial charge on any atom is -0.435 e. The highest BCUT2D eigenvalue weighted by Gasteiger charge is 2.31. The summed E-state index contributed by atoms with van der Waals surface area (Å²) in [5.41, 5.74) is 3.14. The summed E-state index contributed by atoms with van der Waals surface area (Å²) in [7, 11) is 0. The first-order valence-electron chi connectivity index (χ1n) is 9.48. The van der Waals surface area contributed by atoms with Crippen LogP contribution < -0.4 is 0 Å². The van der Waals surface area contributed by atoms with E-state index in [9.17, 15) is 9.59 Å². The second-order valence-electron chi connectivity index (χ2n) is 6.33. The standard InChI is InChI=1S/C22H26O7/c1-5-25-21(23)27-14-20-19(29-22(24)26-6-2)12-11-18(28-20)10-9-17-8-7-15(3)13-16(17)4/h7-8,11-13,18-20H,5-6,14H2,1-4H3/t18-,19-,20-/m1/s1. The Balaban J connectivity index is 2.10. The van der Waals surface area contributed by atoms with Gasteiger partial charge in [0, 0.05) is 5.56 Å². The zero-order chi connectivity index (χ0) is 21.2. The van der Waals surface area contributed by atoms with Gasteiger partial charge in [0.2, 0.25) is 0 Å². The topological polar surface area (TPSA) is 80.3 Å². The van der Waals surface area contributed by atoms with Crippen LogP contribution in [-0.2, 0) is 23.7 Å². The van der Waals surface area contributed by atoms with Crippen molar-refractivity contribution in [3.05, 3.63) is 47.0 Å². The van der Waals surface area contributed by atoms with E-state index in [0.29, 0.717) is 0 Å². The Kier molecular flexibility index (Phi) is 8.56. The highest BCUT2D eigenvalue weighted by atomic mass is 16.7. The lowest BCUT2D eigenvalue weighted by atomic mass is 10.1. The third-order valence-electron chi connectivity index (χ3n) is 4.02. The molecule has 0 radical (unpaired) electrons. The maximum absolute atomic E-state index is 11.7. The van der Waals surface area contributed by atoms with Gasteiger partial charge in [-0.3, -0.25) is 0 Å². The van der Waals surface area contributed by atoms with Gasteiger partial charge in [-0.2, -0.15) is 0 Å². The van der Waals surface area contributed by atoms with Crippen LogP contribution in [0.15, 0.2) is 30.4 Å². The molecule has 1 heterocycles. The molecule has 0 saturated heterocycles. The smallest absolute Gasteiger partial charge is 0.435 e. The van der Waals surface area contributed by atoms with Crippen LogP contribution in [0.1, 0.15) is 30.5 Å². The molecule has 1 aliphatic heterocycles. The molecular weight excluding hydrogens is 376 g/mol. The first-order valence-corrected chi connectivity index (χ1v) is 9.48. The molecule has 1 aliphatic rings. The molecule has 156 valence electrons. The van der Waals surface area contributed by atoms with Gasteiger partial charge >= 0.3 is 12.3 Å². The summed E-state index contributed by atoms with van der Waals surface area (Å²) in [6, 6.07) is 6.01. The fourth-order valence-electron chi connectivity index (χ4n) is 2.65. The Bertz CT molecular complexity index is 803. The zero-order valence-electron chi connectivity index (χ0n) is 17.1. The molecule has 0 fully saturated rings. The second kappa shape index (κ2) is 11.1. The molecule has 0 aliphatic carbocycles. The van der Waals surface area contributed by atoms with Crippen molar-refractivity contribution < 1.29 is 33.3 Å². The van der Waals surface area contributed by atoms with Crippen molar-refractivity contribution in [3.63, 3.8) is 0 Å². The van der Waals surface area contributed by atoms with Crippen molar-refractivity contribution >= 4 is 12.3 Å². The Hall–Kier alpha value is -2.98. The molecule has 0 aromatic heterocycles. The Morgan fingerprint density at radius 3 is 2.45 bits per heavy atom. The number of carbonyl (C=O) groups excluding carboxylic acids is 2. The van der Waals surface area contributed by atoms with Gasteiger partial charge in [0.25, 0.3) is 0 Å². The van der Waals surface area contributed by atoms with Gasteiger partial charge in [-0.15, -0.1) is 0 Å². The van der Waals surface area contributed by atoms with E-state index in [1.54, 1.807) is 26.0 Å². The quantitative estimate of drug-likeness (QED) is 0.422. The average Bonchev–Trinajstić information content (AvgIpc) is 2.67. The van der Waals surface area contributed by atoms with Crippen LogP contribution in [0.3, 0.4) is 0 Å². The van der Waals surface area contributed by atoms with Crippen molar-refractivity contribution in [3.8, 4) is 11.8 Å². The molecule has 3 atom stereocenters. The second-order valence-corrected chi connectivity index (χ2v) is 6.33. The van der Waals surface area contributed by atoms with E-state index in [4.69, 9.17) is 23.7 Å². The van der Waals surface area contributed by atoms with E-state index < -0.39 is 30.6 Å². The monoisotopic (exact) mass is 402 g/mol. The lowest BCUT2D eigenvalue weighted by Crippen LogP contribution is -2.41. The van der Waals surface area contributed by atoms with Crippen molar-refractivity contribution in [2.75, 3.05) is 19.8 Å². The van der Waals surface area contributed by atoms with Gasteiger partial charge in [0.05, 0.1) is 13.2 Å². The normalized spacial score (nSPS) is 20.2. The zero-order valence-corrected chi connectivity index (χ0v) is 17.1. The molecule has 0 unspecified atom stereocenters. The van der Waals surface area contributed by atoms with E-state index in [0.717, 1.165) is 16.7 Å². The summed E-state index contributed by atoms with van der Waals surface area (Å²) in [4.78, 5) is 23.2. The molecule has 1 aromatic rings. The number of carbonyl (C=O) groups is 2. The van der Waals surface area contributed by atoms with Gasteiger partial charge in [-0.1, -0.05) is 29.5 Å². The molecule has 0 saturated carbocycles.